The van der Waals surface area contributed by atoms with Gasteiger partial charge in [-0.15, -0.1) is 0 Å². The molecule has 0 aliphatic heterocycles. The molecule has 1 aromatic heterocycles. The number of carbonyl (C=O) groups excluding carboxylic acids is 1. The standard InChI is InChI=1S/C21H22N6OS3/c1-14-17(18(28)26-27-20(30)23-13-16-10-6-3-7-11-16)31-21(24-14)25-19(29)22-12-15-8-4-2-5-9-15/h2-11H,12-13H2,1H3,(H,26,28)(H2,23,27,30)(H2,22,24,25,29). The van der Waals surface area contributed by atoms with Crippen molar-refractivity contribution in [1.29, 1.82) is 0 Å². The summed E-state index contributed by atoms with van der Waals surface area (Å²) in [6.07, 6.45) is 0. The van der Waals surface area contributed by atoms with Crippen LogP contribution in [0.25, 0.3) is 0 Å². The molecule has 160 valence electrons. The lowest BCUT2D eigenvalue weighted by Gasteiger charge is -2.11. The van der Waals surface area contributed by atoms with Crippen LogP contribution in [0.15, 0.2) is 60.7 Å². The van der Waals surface area contributed by atoms with E-state index in [0.29, 0.717) is 39.0 Å². The summed E-state index contributed by atoms with van der Waals surface area (Å²) in [6, 6.07) is 19.8. The van der Waals surface area contributed by atoms with Crippen LogP contribution in [0.2, 0.25) is 0 Å². The summed E-state index contributed by atoms with van der Waals surface area (Å²) in [4.78, 5) is 17.3. The van der Waals surface area contributed by atoms with Crippen molar-refractivity contribution in [3.8, 4) is 0 Å². The topological polar surface area (TPSA) is 90.1 Å². The molecule has 0 radical (unpaired) electrons. The molecule has 1 amide bonds. The number of aromatic nitrogens is 1. The number of nitrogens with zero attached hydrogens (tertiary/aromatic N) is 1. The lowest BCUT2D eigenvalue weighted by atomic mass is 10.2. The third-order valence-electron chi connectivity index (χ3n) is 4.10. The molecule has 0 fully saturated rings. The Kier molecular flexibility index (Phi) is 8.27. The fourth-order valence-electron chi connectivity index (χ4n) is 2.57. The number of thiocarbonyl (C=S) groups is 2. The van der Waals surface area contributed by atoms with Crippen molar-refractivity contribution in [3.05, 3.63) is 82.4 Å². The minimum atomic E-state index is -0.324. The van der Waals surface area contributed by atoms with Crippen LogP contribution >= 0.6 is 35.8 Å². The van der Waals surface area contributed by atoms with Gasteiger partial charge in [-0.25, -0.2) is 4.98 Å². The van der Waals surface area contributed by atoms with Gasteiger partial charge in [0.1, 0.15) is 4.88 Å². The monoisotopic (exact) mass is 470 g/mol. The van der Waals surface area contributed by atoms with Gasteiger partial charge in [0.2, 0.25) is 0 Å². The van der Waals surface area contributed by atoms with E-state index in [-0.39, 0.29) is 5.91 Å². The van der Waals surface area contributed by atoms with Crippen molar-refractivity contribution in [1.82, 2.24) is 26.5 Å². The maximum absolute atomic E-state index is 12.5. The average Bonchev–Trinajstić information content (AvgIpc) is 3.16. The summed E-state index contributed by atoms with van der Waals surface area (Å²) in [6.45, 7) is 2.92. The molecule has 0 bridgehead atoms. The molecule has 7 nitrogen and oxygen atoms in total. The Morgan fingerprint density at radius 3 is 2.00 bits per heavy atom. The first-order valence-corrected chi connectivity index (χ1v) is 11.1. The fourth-order valence-corrected chi connectivity index (χ4v) is 3.80. The van der Waals surface area contributed by atoms with Gasteiger partial charge in [-0.3, -0.25) is 15.6 Å². The Labute approximate surface area is 195 Å². The molecular weight excluding hydrogens is 448 g/mol. The summed E-state index contributed by atoms with van der Waals surface area (Å²) >= 11 is 11.7. The Hall–Kier alpha value is -3.08. The van der Waals surface area contributed by atoms with Crippen molar-refractivity contribution >= 4 is 57.0 Å². The number of amides is 1. The number of hydrogen-bond acceptors (Lipinski definition) is 5. The number of carbonyl (C=O) groups is 1. The van der Waals surface area contributed by atoms with E-state index in [2.05, 4.69) is 31.8 Å². The van der Waals surface area contributed by atoms with Crippen LogP contribution in [0.5, 0.6) is 0 Å². The molecule has 0 atom stereocenters. The van der Waals surface area contributed by atoms with Gasteiger partial charge in [0.15, 0.2) is 15.4 Å². The summed E-state index contributed by atoms with van der Waals surface area (Å²) in [5.74, 6) is -0.324. The Morgan fingerprint density at radius 1 is 0.871 bits per heavy atom. The van der Waals surface area contributed by atoms with Crippen LogP contribution in [0, 0.1) is 6.92 Å². The Balaban J connectivity index is 1.45. The summed E-state index contributed by atoms with van der Waals surface area (Å²) in [5, 5.41) is 10.5. The SMILES string of the molecule is Cc1nc(NC(=S)NCc2ccccc2)sc1C(=O)NNC(=S)NCc1ccccc1. The fraction of sp³-hybridized carbons (Fsp3) is 0.143. The van der Waals surface area contributed by atoms with E-state index >= 15 is 0 Å². The van der Waals surface area contributed by atoms with E-state index in [4.69, 9.17) is 24.4 Å². The van der Waals surface area contributed by atoms with Crippen molar-refractivity contribution in [3.63, 3.8) is 0 Å². The molecule has 0 spiro atoms. The van der Waals surface area contributed by atoms with Gasteiger partial charge in [0.05, 0.1) is 5.69 Å². The van der Waals surface area contributed by atoms with E-state index in [0.717, 1.165) is 11.1 Å². The minimum absolute atomic E-state index is 0.323. The van der Waals surface area contributed by atoms with Crippen LogP contribution in [0.1, 0.15) is 26.5 Å². The first-order valence-electron chi connectivity index (χ1n) is 9.45. The molecule has 0 saturated heterocycles. The largest absolute Gasteiger partial charge is 0.358 e. The first-order chi connectivity index (χ1) is 15.0. The van der Waals surface area contributed by atoms with Gasteiger partial charge >= 0.3 is 0 Å². The van der Waals surface area contributed by atoms with Gasteiger partial charge < -0.3 is 16.0 Å². The highest BCUT2D eigenvalue weighted by Crippen LogP contribution is 2.22. The van der Waals surface area contributed by atoms with E-state index in [9.17, 15) is 4.79 Å². The van der Waals surface area contributed by atoms with Crippen molar-refractivity contribution in [2.45, 2.75) is 20.0 Å². The van der Waals surface area contributed by atoms with Crippen LogP contribution in [-0.4, -0.2) is 21.1 Å². The van der Waals surface area contributed by atoms with Crippen molar-refractivity contribution < 1.29 is 4.79 Å². The third kappa shape index (κ3) is 7.28. The summed E-state index contributed by atoms with van der Waals surface area (Å²) < 4.78 is 0. The molecule has 2 aromatic carbocycles. The zero-order valence-corrected chi connectivity index (χ0v) is 19.2. The van der Waals surface area contributed by atoms with Crippen LogP contribution in [0.4, 0.5) is 5.13 Å². The van der Waals surface area contributed by atoms with Gasteiger partial charge in [-0.2, -0.15) is 0 Å². The van der Waals surface area contributed by atoms with Gasteiger partial charge in [-0.1, -0.05) is 72.0 Å². The number of nitrogens with one attached hydrogen (secondary N) is 5. The predicted molar refractivity (Wildman–Crippen MR) is 133 cm³/mol. The Bertz CT molecular complexity index is 1040. The number of rotatable bonds is 6. The quantitative estimate of drug-likeness (QED) is 0.277. The van der Waals surface area contributed by atoms with Crippen LogP contribution < -0.4 is 26.8 Å². The maximum atomic E-state index is 12.5. The number of hydrazine groups is 1. The third-order valence-corrected chi connectivity index (χ3v) is 5.67. The Morgan fingerprint density at radius 2 is 1.42 bits per heavy atom. The van der Waals surface area contributed by atoms with Gasteiger partial charge in [-0.05, 0) is 42.5 Å². The van der Waals surface area contributed by atoms with Crippen molar-refractivity contribution in [2.24, 2.45) is 0 Å². The number of thiazole rings is 1. The molecular formula is C21H22N6OS3. The molecule has 1 heterocycles. The first kappa shape index (κ1) is 22.6. The highest BCUT2D eigenvalue weighted by atomic mass is 32.1. The molecule has 31 heavy (non-hydrogen) atoms. The molecule has 0 unspecified atom stereocenters. The van der Waals surface area contributed by atoms with Gasteiger partial charge in [0.25, 0.3) is 5.91 Å². The van der Waals surface area contributed by atoms with Crippen molar-refractivity contribution in [2.75, 3.05) is 5.32 Å². The summed E-state index contributed by atoms with van der Waals surface area (Å²) in [5.41, 5.74) is 8.10. The lowest BCUT2D eigenvalue weighted by Crippen LogP contribution is -2.46. The molecule has 5 N–H and O–H groups in total. The lowest BCUT2D eigenvalue weighted by molar-refractivity contribution is 0.0947. The second-order valence-corrected chi connectivity index (χ2v) is 8.29. The summed E-state index contributed by atoms with van der Waals surface area (Å²) in [7, 11) is 0. The smallest absolute Gasteiger partial charge is 0.281 e. The number of aryl methyl sites for hydroxylation is 1. The van der Waals surface area contributed by atoms with E-state index in [1.165, 1.54) is 11.3 Å². The molecule has 0 aliphatic rings. The molecule has 3 rings (SSSR count). The predicted octanol–water partition coefficient (Wildman–Crippen LogP) is 3.25. The van der Waals surface area contributed by atoms with E-state index in [1.807, 2.05) is 60.7 Å². The van der Waals surface area contributed by atoms with Crippen LogP contribution in [0.3, 0.4) is 0 Å². The molecule has 0 saturated carbocycles. The number of hydrogen-bond donors (Lipinski definition) is 5. The molecule has 3 aromatic rings. The normalized spacial score (nSPS) is 10.1. The average molecular weight is 471 g/mol. The van der Waals surface area contributed by atoms with E-state index in [1.54, 1.807) is 6.92 Å². The zero-order valence-electron chi connectivity index (χ0n) is 16.8. The highest BCUT2D eigenvalue weighted by Gasteiger charge is 2.16. The second kappa shape index (κ2) is 11.3. The molecule has 10 heteroatoms. The number of anilines is 1. The van der Waals surface area contributed by atoms with Gasteiger partial charge in [0, 0.05) is 13.1 Å². The minimum Gasteiger partial charge on any atom is -0.358 e. The number of benzene rings is 2. The second-order valence-electron chi connectivity index (χ2n) is 6.47. The zero-order chi connectivity index (χ0) is 22.1. The highest BCUT2D eigenvalue weighted by molar-refractivity contribution is 7.80. The maximum Gasteiger partial charge on any atom is 0.281 e. The van der Waals surface area contributed by atoms with E-state index < -0.39 is 0 Å². The van der Waals surface area contributed by atoms with Crippen LogP contribution in [-0.2, 0) is 13.1 Å². The molecule has 0 aliphatic carbocycles.